The van der Waals surface area contributed by atoms with Gasteiger partial charge < -0.3 is 4.74 Å². The Kier molecular flexibility index (Phi) is 5.98. The molecule has 1 aromatic carbocycles. The van der Waals surface area contributed by atoms with Crippen molar-refractivity contribution in [2.45, 2.75) is 26.4 Å². The molecule has 0 bridgehead atoms. The molecule has 0 fully saturated rings. The summed E-state index contributed by atoms with van der Waals surface area (Å²) in [5.41, 5.74) is 1.70. The summed E-state index contributed by atoms with van der Waals surface area (Å²) in [7, 11) is -3.44. The van der Waals surface area contributed by atoms with Crippen LogP contribution in [0.3, 0.4) is 0 Å². The van der Waals surface area contributed by atoms with Gasteiger partial charge in [0.1, 0.15) is 0 Å². The van der Waals surface area contributed by atoms with E-state index in [-0.39, 0.29) is 12.6 Å². The maximum atomic E-state index is 11.2. The van der Waals surface area contributed by atoms with Gasteiger partial charge in [-0.3, -0.25) is 8.98 Å². The largest absolute Gasteiger partial charge is 0.466 e. The minimum Gasteiger partial charge on any atom is -0.466 e. The molecule has 5 nitrogen and oxygen atoms in total. The van der Waals surface area contributed by atoms with Crippen LogP contribution >= 0.6 is 0 Å². The molecule has 0 saturated carbocycles. The van der Waals surface area contributed by atoms with Gasteiger partial charge in [0, 0.05) is 6.42 Å². The predicted molar refractivity (Wildman–Crippen MR) is 71.0 cm³/mol. The molecule has 0 radical (unpaired) electrons. The molecule has 0 N–H and O–H groups in total. The molecule has 0 aliphatic carbocycles. The van der Waals surface area contributed by atoms with Crippen LogP contribution in [0.25, 0.3) is 0 Å². The summed E-state index contributed by atoms with van der Waals surface area (Å²) in [4.78, 5) is 11.2. The van der Waals surface area contributed by atoms with Crippen LogP contribution in [0, 0.1) is 0 Å². The fourth-order valence-electron chi connectivity index (χ4n) is 1.53. The van der Waals surface area contributed by atoms with Gasteiger partial charge in [-0.25, -0.2) is 0 Å². The van der Waals surface area contributed by atoms with Crippen molar-refractivity contribution in [2.24, 2.45) is 0 Å². The van der Waals surface area contributed by atoms with Crippen molar-refractivity contribution < 1.29 is 22.1 Å². The lowest BCUT2D eigenvalue weighted by atomic mass is 10.1. The number of rotatable bonds is 7. The second-order valence-corrected chi connectivity index (χ2v) is 5.74. The normalized spacial score (nSPS) is 11.3. The molecule has 1 aromatic rings. The van der Waals surface area contributed by atoms with Crippen molar-refractivity contribution in [1.82, 2.24) is 0 Å². The number of hydrogen-bond acceptors (Lipinski definition) is 5. The summed E-state index contributed by atoms with van der Waals surface area (Å²) < 4.78 is 31.3. The van der Waals surface area contributed by atoms with Gasteiger partial charge in [-0.2, -0.15) is 8.42 Å². The molecule has 0 aromatic heterocycles. The first-order chi connectivity index (χ1) is 8.90. The van der Waals surface area contributed by atoms with Gasteiger partial charge in [-0.15, -0.1) is 0 Å². The fraction of sp³-hybridized carbons (Fsp3) is 0.462. The summed E-state index contributed by atoms with van der Waals surface area (Å²) in [5, 5.41) is 0. The Bertz CT molecular complexity index is 522. The van der Waals surface area contributed by atoms with E-state index in [1.165, 1.54) is 0 Å². The monoisotopic (exact) mass is 286 g/mol. The Hall–Kier alpha value is -1.40. The van der Waals surface area contributed by atoms with E-state index in [4.69, 9.17) is 8.92 Å². The average molecular weight is 286 g/mol. The first-order valence-corrected chi connectivity index (χ1v) is 7.80. The molecule has 0 amide bonds. The third-order valence-electron chi connectivity index (χ3n) is 2.35. The predicted octanol–water partition coefficient (Wildman–Crippen LogP) is 1.66. The Morgan fingerprint density at radius 2 is 1.95 bits per heavy atom. The van der Waals surface area contributed by atoms with Crippen LogP contribution < -0.4 is 0 Å². The summed E-state index contributed by atoms with van der Waals surface area (Å²) in [6.07, 6.45) is 1.88. The lowest BCUT2D eigenvalue weighted by Gasteiger charge is -2.05. The molecule has 6 heteroatoms. The summed E-state index contributed by atoms with van der Waals surface area (Å²) in [6, 6.07) is 7.29. The number of ether oxygens (including phenoxy) is 1. The van der Waals surface area contributed by atoms with Crippen LogP contribution in [-0.2, 0) is 36.9 Å². The molecule has 0 aliphatic heterocycles. The van der Waals surface area contributed by atoms with Crippen molar-refractivity contribution in [3.63, 3.8) is 0 Å². The van der Waals surface area contributed by atoms with Gasteiger partial charge in [0.15, 0.2) is 0 Å². The first-order valence-electron chi connectivity index (χ1n) is 5.98. The highest BCUT2D eigenvalue weighted by Gasteiger charge is 2.05. The lowest BCUT2D eigenvalue weighted by molar-refractivity contribution is -0.143. The second-order valence-electron chi connectivity index (χ2n) is 4.09. The Balaban J connectivity index is 2.54. The van der Waals surface area contributed by atoms with E-state index < -0.39 is 10.1 Å². The minimum atomic E-state index is -3.44. The molecular formula is C13H18O5S. The van der Waals surface area contributed by atoms with E-state index in [2.05, 4.69) is 0 Å². The van der Waals surface area contributed by atoms with E-state index >= 15 is 0 Å². The van der Waals surface area contributed by atoms with Crippen molar-refractivity contribution in [1.29, 1.82) is 0 Å². The van der Waals surface area contributed by atoms with Crippen molar-refractivity contribution >= 4 is 16.1 Å². The Labute approximate surface area is 113 Å². The van der Waals surface area contributed by atoms with Gasteiger partial charge in [-0.05, 0) is 24.5 Å². The third kappa shape index (κ3) is 6.93. The van der Waals surface area contributed by atoms with Gasteiger partial charge >= 0.3 is 5.97 Å². The smallest absolute Gasteiger partial charge is 0.306 e. The van der Waals surface area contributed by atoms with Crippen LogP contribution in [0.15, 0.2) is 24.3 Å². The molecule has 19 heavy (non-hydrogen) atoms. The molecule has 0 saturated heterocycles. The molecule has 0 unspecified atom stereocenters. The van der Waals surface area contributed by atoms with Crippen molar-refractivity contribution in [2.75, 3.05) is 12.9 Å². The number of hydrogen-bond donors (Lipinski definition) is 0. The van der Waals surface area contributed by atoms with Gasteiger partial charge in [-0.1, -0.05) is 24.3 Å². The summed E-state index contributed by atoms with van der Waals surface area (Å²) >= 11 is 0. The number of benzene rings is 1. The van der Waals surface area contributed by atoms with Crippen LogP contribution in [0.2, 0.25) is 0 Å². The zero-order chi connectivity index (χ0) is 14.3. The Morgan fingerprint density at radius 3 is 2.58 bits per heavy atom. The van der Waals surface area contributed by atoms with Gasteiger partial charge in [0.05, 0.1) is 19.5 Å². The average Bonchev–Trinajstić information content (AvgIpc) is 2.34. The number of carbonyl (C=O) groups is 1. The molecule has 0 aliphatic rings. The summed E-state index contributed by atoms with van der Waals surface area (Å²) in [6.45, 7) is 2.15. The van der Waals surface area contributed by atoms with Gasteiger partial charge in [0.25, 0.3) is 10.1 Å². The van der Waals surface area contributed by atoms with E-state index in [9.17, 15) is 13.2 Å². The molecule has 0 heterocycles. The van der Waals surface area contributed by atoms with Crippen LogP contribution in [0.4, 0.5) is 0 Å². The second kappa shape index (κ2) is 7.25. The number of carbonyl (C=O) groups excluding carboxylic acids is 1. The quantitative estimate of drug-likeness (QED) is 0.563. The standard InChI is InChI=1S/C13H18O5S/c1-3-17-13(14)8-7-11-5-4-6-12(9-11)10-18-19(2,15)16/h4-6,9H,3,7-8,10H2,1-2H3. The van der Waals surface area contributed by atoms with E-state index in [1.54, 1.807) is 13.0 Å². The van der Waals surface area contributed by atoms with E-state index in [0.29, 0.717) is 19.4 Å². The van der Waals surface area contributed by atoms with Crippen molar-refractivity contribution in [3.05, 3.63) is 35.4 Å². The number of aryl methyl sites for hydroxylation is 1. The first kappa shape index (κ1) is 15.7. The molecule has 106 valence electrons. The molecule has 0 atom stereocenters. The molecule has 0 spiro atoms. The Morgan fingerprint density at radius 1 is 1.26 bits per heavy atom. The van der Waals surface area contributed by atoms with E-state index in [1.807, 2.05) is 18.2 Å². The molecular weight excluding hydrogens is 268 g/mol. The third-order valence-corrected chi connectivity index (χ3v) is 2.90. The zero-order valence-electron chi connectivity index (χ0n) is 11.1. The van der Waals surface area contributed by atoms with Crippen LogP contribution in [0.5, 0.6) is 0 Å². The maximum Gasteiger partial charge on any atom is 0.306 e. The minimum absolute atomic E-state index is 0.00603. The van der Waals surface area contributed by atoms with Crippen LogP contribution in [0.1, 0.15) is 24.5 Å². The zero-order valence-corrected chi connectivity index (χ0v) is 11.9. The van der Waals surface area contributed by atoms with Crippen LogP contribution in [-0.4, -0.2) is 27.2 Å². The highest BCUT2D eigenvalue weighted by Crippen LogP contribution is 2.10. The van der Waals surface area contributed by atoms with Crippen molar-refractivity contribution in [3.8, 4) is 0 Å². The lowest BCUT2D eigenvalue weighted by Crippen LogP contribution is -2.06. The highest BCUT2D eigenvalue weighted by molar-refractivity contribution is 7.85. The van der Waals surface area contributed by atoms with E-state index in [0.717, 1.165) is 17.4 Å². The molecule has 1 rings (SSSR count). The maximum absolute atomic E-state index is 11.2. The highest BCUT2D eigenvalue weighted by atomic mass is 32.2. The topological polar surface area (TPSA) is 69.7 Å². The SMILES string of the molecule is CCOC(=O)CCc1cccc(COS(C)(=O)=O)c1. The van der Waals surface area contributed by atoms with Gasteiger partial charge in [0.2, 0.25) is 0 Å². The summed E-state index contributed by atoms with van der Waals surface area (Å²) in [5.74, 6) is -0.236. The fourth-order valence-corrected chi connectivity index (χ4v) is 1.88. The number of esters is 1.